The Morgan fingerprint density at radius 2 is 2.00 bits per heavy atom. The van der Waals surface area contributed by atoms with E-state index in [-0.39, 0.29) is 11.1 Å². The van der Waals surface area contributed by atoms with Gasteiger partial charge in [0.05, 0.1) is 5.69 Å². The summed E-state index contributed by atoms with van der Waals surface area (Å²) in [7, 11) is 1.64. The molecule has 2 aromatic rings. The largest absolute Gasteiger partial charge is 0.385 e. The normalized spacial score (nSPS) is 10.5. The molecule has 0 spiro atoms. The van der Waals surface area contributed by atoms with Gasteiger partial charge in [0, 0.05) is 25.8 Å². The molecule has 0 unspecified atom stereocenters. The second-order valence-electron chi connectivity index (χ2n) is 5.37. The van der Waals surface area contributed by atoms with Crippen molar-refractivity contribution in [3.63, 3.8) is 0 Å². The predicted octanol–water partition coefficient (Wildman–Crippen LogP) is 3.04. The number of methoxy groups -OCH3 is 1. The first kappa shape index (κ1) is 16.0. The summed E-state index contributed by atoms with van der Waals surface area (Å²) in [6.45, 7) is 5.19. The lowest BCUT2D eigenvalue weighted by molar-refractivity contribution is 0.190. The molecular weight excluding hydrogens is 276 g/mol. The summed E-state index contributed by atoms with van der Waals surface area (Å²) >= 11 is 0. The smallest absolute Gasteiger partial charge is 0.268 e. The molecule has 4 nitrogen and oxygen atoms in total. The lowest BCUT2D eigenvalue weighted by Gasteiger charge is -2.15. The Morgan fingerprint density at radius 1 is 1.23 bits per heavy atom. The monoisotopic (exact) mass is 296 g/mol. The van der Waals surface area contributed by atoms with Crippen LogP contribution in [0.4, 0.5) is 0 Å². The van der Waals surface area contributed by atoms with E-state index < -0.39 is 0 Å². The molecule has 2 rings (SSSR count). The van der Waals surface area contributed by atoms with Gasteiger partial charge in [-0.15, -0.1) is 0 Å². The van der Waals surface area contributed by atoms with E-state index in [1.807, 2.05) is 38.1 Å². The molecule has 4 heteroatoms. The highest BCUT2D eigenvalue weighted by Gasteiger charge is 2.12. The van der Waals surface area contributed by atoms with Crippen LogP contribution in [0.3, 0.4) is 0 Å². The zero-order chi connectivity index (χ0) is 16.1. The number of hydrogen-bond donors (Lipinski definition) is 0. The van der Waals surface area contributed by atoms with Crippen molar-refractivity contribution >= 4 is 0 Å². The van der Waals surface area contributed by atoms with Crippen LogP contribution in [-0.4, -0.2) is 18.3 Å². The van der Waals surface area contributed by atoms with Gasteiger partial charge in [-0.2, -0.15) is 5.26 Å². The number of aromatic nitrogens is 1. The highest BCUT2D eigenvalue weighted by atomic mass is 16.5. The van der Waals surface area contributed by atoms with Crippen molar-refractivity contribution in [3.8, 4) is 17.3 Å². The number of nitrogens with zero attached hydrogens (tertiary/aromatic N) is 2. The minimum absolute atomic E-state index is 0.172. The molecule has 0 saturated carbocycles. The van der Waals surface area contributed by atoms with Crippen LogP contribution in [0.15, 0.2) is 35.1 Å². The number of hydrogen-bond acceptors (Lipinski definition) is 3. The van der Waals surface area contributed by atoms with Crippen LogP contribution in [0.2, 0.25) is 0 Å². The number of ether oxygens (including phenoxy) is 1. The first-order valence-electron chi connectivity index (χ1n) is 7.29. The third-order valence-electron chi connectivity index (χ3n) is 3.68. The topological polar surface area (TPSA) is 55.0 Å². The van der Waals surface area contributed by atoms with E-state index in [2.05, 4.69) is 6.07 Å². The van der Waals surface area contributed by atoms with Crippen LogP contribution in [0.25, 0.3) is 11.3 Å². The van der Waals surface area contributed by atoms with Gasteiger partial charge in [-0.3, -0.25) is 4.79 Å². The van der Waals surface area contributed by atoms with E-state index in [1.54, 1.807) is 17.7 Å². The molecule has 0 aliphatic carbocycles. The van der Waals surface area contributed by atoms with Gasteiger partial charge in [0.15, 0.2) is 0 Å². The van der Waals surface area contributed by atoms with E-state index in [0.717, 1.165) is 23.2 Å². The van der Waals surface area contributed by atoms with E-state index in [0.29, 0.717) is 13.2 Å². The Labute approximate surface area is 130 Å². The molecule has 114 valence electrons. The van der Waals surface area contributed by atoms with Gasteiger partial charge >= 0.3 is 0 Å². The molecule has 1 aromatic heterocycles. The van der Waals surface area contributed by atoms with Crippen molar-refractivity contribution in [3.05, 3.63) is 57.4 Å². The van der Waals surface area contributed by atoms with Crippen LogP contribution in [0.5, 0.6) is 0 Å². The molecule has 0 aliphatic heterocycles. The zero-order valence-electron chi connectivity index (χ0n) is 13.2. The van der Waals surface area contributed by atoms with Crippen LogP contribution >= 0.6 is 0 Å². The molecule has 0 bridgehead atoms. The van der Waals surface area contributed by atoms with Crippen molar-refractivity contribution in [1.29, 1.82) is 5.26 Å². The van der Waals surface area contributed by atoms with E-state index >= 15 is 0 Å². The molecule has 1 aromatic carbocycles. The zero-order valence-corrected chi connectivity index (χ0v) is 13.2. The number of benzene rings is 1. The first-order chi connectivity index (χ1) is 10.6. The SMILES string of the molecule is COCCCn1c(-c2ccc(C)cc2C)ccc(C#N)c1=O. The standard InChI is InChI=1S/C18H20N2O2/c1-13-5-7-16(14(2)11-13)17-8-6-15(12-19)18(21)20(17)9-4-10-22-3/h5-8,11H,4,9-10H2,1-3H3. The number of rotatable bonds is 5. The molecule has 0 saturated heterocycles. The minimum atomic E-state index is -0.240. The molecule has 0 amide bonds. The first-order valence-corrected chi connectivity index (χ1v) is 7.29. The fraction of sp³-hybridized carbons (Fsp3) is 0.333. The highest BCUT2D eigenvalue weighted by Crippen LogP contribution is 2.23. The van der Waals surface area contributed by atoms with Crippen molar-refractivity contribution in [2.24, 2.45) is 0 Å². The molecule has 0 atom stereocenters. The maximum absolute atomic E-state index is 12.5. The summed E-state index contributed by atoms with van der Waals surface area (Å²) in [5.74, 6) is 0. The number of pyridine rings is 1. The molecule has 0 aliphatic rings. The fourth-order valence-electron chi connectivity index (χ4n) is 2.59. The predicted molar refractivity (Wildman–Crippen MR) is 86.8 cm³/mol. The molecule has 0 N–H and O–H groups in total. The van der Waals surface area contributed by atoms with Crippen LogP contribution in [0, 0.1) is 25.2 Å². The van der Waals surface area contributed by atoms with E-state index in [4.69, 9.17) is 10.00 Å². The van der Waals surface area contributed by atoms with Gasteiger partial charge in [0.25, 0.3) is 5.56 Å². The Morgan fingerprint density at radius 3 is 2.64 bits per heavy atom. The molecular formula is C18H20N2O2. The average molecular weight is 296 g/mol. The Bertz CT molecular complexity index is 770. The van der Waals surface area contributed by atoms with Crippen LogP contribution < -0.4 is 5.56 Å². The van der Waals surface area contributed by atoms with E-state index in [1.165, 1.54) is 5.56 Å². The Kier molecular flexibility index (Phi) is 5.13. The summed E-state index contributed by atoms with van der Waals surface area (Å²) in [5, 5.41) is 9.08. The lowest BCUT2D eigenvalue weighted by Crippen LogP contribution is -2.24. The van der Waals surface area contributed by atoms with Crippen LogP contribution in [-0.2, 0) is 11.3 Å². The fourth-order valence-corrected chi connectivity index (χ4v) is 2.59. The van der Waals surface area contributed by atoms with Crippen molar-refractivity contribution in [2.75, 3.05) is 13.7 Å². The molecule has 22 heavy (non-hydrogen) atoms. The van der Waals surface area contributed by atoms with Gasteiger partial charge in [-0.1, -0.05) is 23.8 Å². The van der Waals surface area contributed by atoms with Gasteiger partial charge in [0.1, 0.15) is 11.6 Å². The molecule has 1 heterocycles. The van der Waals surface area contributed by atoms with Crippen LogP contribution in [0.1, 0.15) is 23.1 Å². The summed E-state index contributed by atoms with van der Waals surface area (Å²) in [4.78, 5) is 12.5. The third-order valence-corrected chi connectivity index (χ3v) is 3.68. The van der Waals surface area contributed by atoms with Crippen molar-refractivity contribution < 1.29 is 4.74 Å². The van der Waals surface area contributed by atoms with Gasteiger partial charge in [-0.05, 0) is 38.0 Å². The lowest BCUT2D eigenvalue weighted by atomic mass is 10.0. The Hall–Kier alpha value is -2.38. The van der Waals surface area contributed by atoms with Gasteiger partial charge in [-0.25, -0.2) is 0 Å². The van der Waals surface area contributed by atoms with Crippen molar-refractivity contribution in [1.82, 2.24) is 4.57 Å². The van der Waals surface area contributed by atoms with Gasteiger partial charge < -0.3 is 9.30 Å². The maximum Gasteiger partial charge on any atom is 0.268 e. The molecule has 0 fully saturated rings. The quantitative estimate of drug-likeness (QED) is 0.797. The summed E-state index contributed by atoms with van der Waals surface area (Å²) in [5.41, 5.74) is 4.09. The van der Waals surface area contributed by atoms with E-state index in [9.17, 15) is 4.79 Å². The van der Waals surface area contributed by atoms with Crippen molar-refractivity contribution in [2.45, 2.75) is 26.8 Å². The average Bonchev–Trinajstić information content (AvgIpc) is 2.49. The number of aryl methyl sites for hydroxylation is 2. The van der Waals surface area contributed by atoms with Gasteiger partial charge in [0.2, 0.25) is 0 Å². The highest BCUT2D eigenvalue weighted by molar-refractivity contribution is 5.65. The summed E-state index contributed by atoms with van der Waals surface area (Å²) < 4.78 is 6.74. The maximum atomic E-state index is 12.5. The summed E-state index contributed by atoms with van der Waals surface area (Å²) in [6, 6.07) is 11.6. The third kappa shape index (κ3) is 3.26. The second-order valence-corrected chi connectivity index (χ2v) is 5.37. The molecule has 0 radical (unpaired) electrons. The minimum Gasteiger partial charge on any atom is -0.385 e. The number of nitriles is 1. The second kappa shape index (κ2) is 7.06. The Balaban J connectivity index is 2.57. The summed E-state index contributed by atoms with van der Waals surface area (Å²) in [6.07, 6.45) is 0.725.